The molecule has 0 radical (unpaired) electrons. The molecule has 6 nitrogen and oxygen atoms in total. The van der Waals surface area contributed by atoms with Gasteiger partial charge in [-0.1, -0.05) is 18.2 Å². The zero-order valence-corrected chi connectivity index (χ0v) is 13.1. The highest BCUT2D eigenvalue weighted by atomic mass is 16.5. The number of hydrogen-bond acceptors (Lipinski definition) is 3. The van der Waals surface area contributed by atoms with Gasteiger partial charge in [0.25, 0.3) is 0 Å². The van der Waals surface area contributed by atoms with Crippen LogP contribution < -0.4 is 10.6 Å². The number of ether oxygens (including phenoxy) is 1. The predicted molar refractivity (Wildman–Crippen MR) is 87.6 cm³/mol. The number of amides is 2. The van der Waals surface area contributed by atoms with E-state index in [0.29, 0.717) is 13.1 Å². The van der Waals surface area contributed by atoms with Crippen LogP contribution in [0.25, 0.3) is 5.69 Å². The van der Waals surface area contributed by atoms with Gasteiger partial charge in [0.2, 0.25) is 0 Å². The number of nitrogens with one attached hydrogen (secondary N) is 2. The molecule has 2 N–H and O–H groups in total. The van der Waals surface area contributed by atoms with Crippen LogP contribution in [0.4, 0.5) is 4.79 Å². The fraction of sp³-hybridized carbons (Fsp3) is 0.412. The van der Waals surface area contributed by atoms with Crippen molar-refractivity contribution in [3.63, 3.8) is 0 Å². The van der Waals surface area contributed by atoms with E-state index < -0.39 is 0 Å². The predicted octanol–water partition coefficient (Wildman–Crippen LogP) is 1.89. The lowest BCUT2D eigenvalue weighted by Crippen LogP contribution is -2.40. The Balaban J connectivity index is 1.39. The summed E-state index contributed by atoms with van der Waals surface area (Å²) in [6.07, 6.45) is 6.85. The van der Waals surface area contributed by atoms with Crippen molar-refractivity contribution in [1.82, 2.24) is 20.4 Å². The Morgan fingerprint density at radius 1 is 1.30 bits per heavy atom. The minimum Gasteiger partial charge on any atom is -0.376 e. The van der Waals surface area contributed by atoms with Crippen molar-refractivity contribution in [2.24, 2.45) is 0 Å². The molecule has 0 saturated carbocycles. The molecule has 2 amide bonds. The summed E-state index contributed by atoms with van der Waals surface area (Å²) in [7, 11) is 0. The van der Waals surface area contributed by atoms with Crippen LogP contribution >= 0.6 is 0 Å². The molecule has 3 rings (SSSR count). The number of aromatic nitrogens is 2. The molecule has 1 fully saturated rings. The van der Waals surface area contributed by atoms with Crippen molar-refractivity contribution < 1.29 is 9.53 Å². The summed E-state index contributed by atoms with van der Waals surface area (Å²) in [5.74, 6) is 0. The van der Waals surface area contributed by atoms with Gasteiger partial charge < -0.3 is 15.4 Å². The van der Waals surface area contributed by atoms with Crippen LogP contribution in [0, 0.1) is 0 Å². The first-order valence-corrected chi connectivity index (χ1v) is 8.03. The molecule has 0 spiro atoms. The van der Waals surface area contributed by atoms with Crippen LogP contribution in [0.3, 0.4) is 0 Å². The van der Waals surface area contributed by atoms with Gasteiger partial charge in [-0.3, -0.25) is 0 Å². The molecule has 1 aromatic carbocycles. The van der Waals surface area contributed by atoms with E-state index in [1.165, 1.54) is 0 Å². The van der Waals surface area contributed by atoms with Gasteiger partial charge >= 0.3 is 6.03 Å². The van der Waals surface area contributed by atoms with Crippen LogP contribution in [-0.4, -0.2) is 41.6 Å². The van der Waals surface area contributed by atoms with Crippen molar-refractivity contribution in [2.75, 3.05) is 19.7 Å². The molecule has 1 saturated heterocycles. The first-order chi connectivity index (χ1) is 11.3. The minimum absolute atomic E-state index is 0.143. The van der Waals surface area contributed by atoms with Crippen LogP contribution in [0.15, 0.2) is 42.7 Å². The fourth-order valence-corrected chi connectivity index (χ4v) is 2.61. The van der Waals surface area contributed by atoms with Crippen LogP contribution in [0.1, 0.15) is 18.4 Å². The first-order valence-electron chi connectivity index (χ1n) is 8.03. The second-order valence-electron chi connectivity index (χ2n) is 5.65. The van der Waals surface area contributed by atoms with Gasteiger partial charge in [0.1, 0.15) is 0 Å². The maximum absolute atomic E-state index is 11.7. The SMILES string of the molecule is O=C(NCCc1cnn(-c2ccccc2)c1)NCC1CCCO1. The van der Waals surface area contributed by atoms with E-state index in [2.05, 4.69) is 15.7 Å². The Kier molecular flexibility index (Phi) is 5.26. The third-order valence-corrected chi connectivity index (χ3v) is 3.87. The summed E-state index contributed by atoms with van der Waals surface area (Å²) in [6.45, 7) is 1.97. The number of rotatable bonds is 6. The van der Waals surface area contributed by atoms with Gasteiger partial charge in [-0.2, -0.15) is 5.10 Å². The first kappa shape index (κ1) is 15.6. The summed E-state index contributed by atoms with van der Waals surface area (Å²) >= 11 is 0. The molecule has 1 atom stereocenters. The lowest BCUT2D eigenvalue weighted by atomic mass is 10.2. The average Bonchev–Trinajstić information content (AvgIpc) is 3.26. The Morgan fingerprint density at radius 3 is 2.96 bits per heavy atom. The highest BCUT2D eigenvalue weighted by Gasteiger charge is 2.15. The number of nitrogens with zero attached hydrogens (tertiary/aromatic N) is 2. The lowest BCUT2D eigenvalue weighted by Gasteiger charge is -2.11. The molecule has 2 aromatic rings. The summed E-state index contributed by atoms with van der Waals surface area (Å²) < 4.78 is 7.31. The van der Waals surface area contributed by atoms with Crippen molar-refractivity contribution in [2.45, 2.75) is 25.4 Å². The summed E-state index contributed by atoms with van der Waals surface area (Å²) in [5, 5.41) is 10.1. The van der Waals surface area contributed by atoms with Crippen molar-refractivity contribution in [3.8, 4) is 5.69 Å². The molecule has 1 aromatic heterocycles. The molecule has 1 aliphatic heterocycles. The number of para-hydroxylation sites is 1. The third-order valence-electron chi connectivity index (χ3n) is 3.87. The highest BCUT2D eigenvalue weighted by molar-refractivity contribution is 5.73. The molecular weight excluding hydrogens is 292 g/mol. The Bertz CT molecular complexity index is 621. The maximum atomic E-state index is 11.7. The van der Waals surface area contributed by atoms with Gasteiger partial charge in [-0.15, -0.1) is 0 Å². The Hall–Kier alpha value is -2.34. The minimum atomic E-state index is -0.143. The summed E-state index contributed by atoms with van der Waals surface area (Å²) in [4.78, 5) is 11.7. The quantitative estimate of drug-likeness (QED) is 0.855. The number of hydrogen-bond donors (Lipinski definition) is 2. The number of carbonyl (C=O) groups excluding carboxylic acids is 1. The Morgan fingerprint density at radius 2 is 2.17 bits per heavy atom. The molecule has 1 aliphatic rings. The molecule has 122 valence electrons. The van der Waals surface area contributed by atoms with Crippen molar-refractivity contribution >= 4 is 6.03 Å². The second kappa shape index (κ2) is 7.78. The third kappa shape index (κ3) is 4.56. The zero-order valence-electron chi connectivity index (χ0n) is 13.1. The molecule has 0 aliphatic carbocycles. The van der Waals surface area contributed by atoms with Gasteiger partial charge in [-0.05, 0) is 37.0 Å². The van der Waals surface area contributed by atoms with E-state index in [9.17, 15) is 4.79 Å². The van der Waals surface area contributed by atoms with E-state index in [-0.39, 0.29) is 12.1 Å². The fourth-order valence-electron chi connectivity index (χ4n) is 2.61. The van der Waals surface area contributed by atoms with Crippen LogP contribution in [0.5, 0.6) is 0 Å². The molecule has 1 unspecified atom stereocenters. The van der Waals surface area contributed by atoms with Gasteiger partial charge in [0.15, 0.2) is 0 Å². The van der Waals surface area contributed by atoms with Gasteiger partial charge in [-0.25, -0.2) is 9.48 Å². The molecule has 0 bridgehead atoms. The topological polar surface area (TPSA) is 68.2 Å². The van der Waals surface area contributed by atoms with Crippen LogP contribution in [-0.2, 0) is 11.2 Å². The number of carbonyl (C=O) groups is 1. The summed E-state index contributed by atoms with van der Waals surface area (Å²) in [5.41, 5.74) is 2.12. The average molecular weight is 314 g/mol. The maximum Gasteiger partial charge on any atom is 0.314 e. The van der Waals surface area contributed by atoms with E-state index in [1.807, 2.05) is 47.4 Å². The van der Waals surface area contributed by atoms with E-state index in [1.54, 1.807) is 0 Å². The smallest absolute Gasteiger partial charge is 0.314 e. The molecule has 6 heteroatoms. The zero-order chi connectivity index (χ0) is 15.9. The van der Waals surface area contributed by atoms with E-state index in [0.717, 1.165) is 37.1 Å². The normalized spacial score (nSPS) is 17.1. The standard InChI is InChI=1S/C17H22N4O2/c22-17(19-12-16-7-4-10-23-16)18-9-8-14-11-20-21(13-14)15-5-2-1-3-6-15/h1-3,5-6,11,13,16H,4,7-10,12H2,(H2,18,19,22). The van der Waals surface area contributed by atoms with E-state index >= 15 is 0 Å². The summed E-state index contributed by atoms with van der Waals surface area (Å²) in [6, 6.07) is 9.82. The van der Waals surface area contributed by atoms with Gasteiger partial charge in [0, 0.05) is 25.9 Å². The van der Waals surface area contributed by atoms with Crippen LogP contribution in [0.2, 0.25) is 0 Å². The molecular formula is C17H22N4O2. The number of benzene rings is 1. The monoisotopic (exact) mass is 314 g/mol. The van der Waals surface area contributed by atoms with E-state index in [4.69, 9.17) is 4.74 Å². The van der Waals surface area contributed by atoms with Crippen molar-refractivity contribution in [1.29, 1.82) is 0 Å². The molecule has 2 heterocycles. The van der Waals surface area contributed by atoms with Crippen molar-refractivity contribution in [3.05, 3.63) is 48.3 Å². The number of urea groups is 1. The molecule has 23 heavy (non-hydrogen) atoms. The largest absolute Gasteiger partial charge is 0.376 e. The highest BCUT2D eigenvalue weighted by Crippen LogP contribution is 2.10. The van der Waals surface area contributed by atoms with Gasteiger partial charge in [0.05, 0.1) is 18.0 Å². The lowest BCUT2D eigenvalue weighted by molar-refractivity contribution is 0.111. The Labute approximate surface area is 135 Å². The second-order valence-corrected chi connectivity index (χ2v) is 5.65.